The van der Waals surface area contributed by atoms with E-state index in [9.17, 15) is 0 Å². The fourth-order valence-corrected chi connectivity index (χ4v) is 1.01. The van der Waals surface area contributed by atoms with Crippen molar-refractivity contribution in [1.29, 1.82) is 0 Å². The minimum Gasteiger partial charge on any atom is -0.392 e. The fourth-order valence-electron chi connectivity index (χ4n) is 1.01. The van der Waals surface area contributed by atoms with E-state index in [0.717, 1.165) is 11.1 Å². The molecule has 1 aromatic carbocycles. The summed E-state index contributed by atoms with van der Waals surface area (Å²) in [5.74, 6) is 0. The van der Waals surface area contributed by atoms with Crippen molar-refractivity contribution in [3.8, 4) is 0 Å². The van der Waals surface area contributed by atoms with Gasteiger partial charge in [-0.3, -0.25) is 0 Å². The number of ether oxygens (including phenoxy) is 1. The largest absolute Gasteiger partial charge is 0.392 e. The van der Waals surface area contributed by atoms with Crippen molar-refractivity contribution < 1.29 is 9.84 Å². The minimum atomic E-state index is 0.0829. The first kappa shape index (κ1) is 17.5. The SMILES string of the molecule is CC.CCC.COCc1ccccc1CO. The first-order valence-corrected chi connectivity index (χ1v) is 5.96. The van der Waals surface area contributed by atoms with Crippen LogP contribution in [0, 0.1) is 0 Å². The summed E-state index contributed by atoms with van der Waals surface area (Å²) in [5, 5.41) is 8.89. The van der Waals surface area contributed by atoms with E-state index in [-0.39, 0.29) is 6.61 Å². The molecule has 0 aliphatic heterocycles. The van der Waals surface area contributed by atoms with Gasteiger partial charge in [0.1, 0.15) is 0 Å². The van der Waals surface area contributed by atoms with E-state index >= 15 is 0 Å². The van der Waals surface area contributed by atoms with Gasteiger partial charge in [-0.2, -0.15) is 0 Å². The summed E-state index contributed by atoms with van der Waals surface area (Å²) < 4.78 is 4.96. The third kappa shape index (κ3) is 8.45. The van der Waals surface area contributed by atoms with Gasteiger partial charge in [-0.1, -0.05) is 58.4 Å². The van der Waals surface area contributed by atoms with Crippen LogP contribution in [0.5, 0.6) is 0 Å². The molecule has 2 nitrogen and oxygen atoms in total. The number of aliphatic hydroxyl groups excluding tert-OH is 1. The molecular weight excluding hydrogens is 200 g/mol. The molecule has 0 spiro atoms. The van der Waals surface area contributed by atoms with Gasteiger partial charge in [0.2, 0.25) is 0 Å². The summed E-state index contributed by atoms with van der Waals surface area (Å²) in [6, 6.07) is 7.70. The van der Waals surface area contributed by atoms with Crippen molar-refractivity contribution in [2.75, 3.05) is 7.11 Å². The number of aliphatic hydroxyl groups is 1. The van der Waals surface area contributed by atoms with Crippen molar-refractivity contribution >= 4 is 0 Å². The van der Waals surface area contributed by atoms with Crippen molar-refractivity contribution in [2.45, 2.75) is 47.3 Å². The predicted molar refractivity (Wildman–Crippen MR) is 70.4 cm³/mol. The van der Waals surface area contributed by atoms with Crippen molar-refractivity contribution in [1.82, 2.24) is 0 Å². The van der Waals surface area contributed by atoms with Gasteiger partial charge >= 0.3 is 0 Å². The van der Waals surface area contributed by atoms with Crippen LogP contribution in [-0.4, -0.2) is 12.2 Å². The fraction of sp³-hybridized carbons (Fsp3) is 0.571. The Morgan fingerprint density at radius 3 is 1.88 bits per heavy atom. The lowest BCUT2D eigenvalue weighted by molar-refractivity contribution is 0.181. The van der Waals surface area contributed by atoms with Crippen LogP contribution in [0.1, 0.15) is 45.2 Å². The number of hydrogen-bond donors (Lipinski definition) is 1. The van der Waals surface area contributed by atoms with Crippen LogP contribution in [0.4, 0.5) is 0 Å². The molecule has 0 radical (unpaired) electrons. The molecule has 1 rings (SSSR count). The summed E-state index contributed by atoms with van der Waals surface area (Å²) in [5.41, 5.74) is 1.99. The van der Waals surface area contributed by atoms with Crippen LogP contribution < -0.4 is 0 Å². The van der Waals surface area contributed by atoms with E-state index in [1.54, 1.807) is 7.11 Å². The molecule has 0 atom stereocenters. The van der Waals surface area contributed by atoms with Crippen molar-refractivity contribution in [3.63, 3.8) is 0 Å². The van der Waals surface area contributed by atoms with Crippen LogP contribution >= 0.6 is 0 Å². The maximum absolute atomic E-state index is 8.89. The molecule has 0 aliphatic carbocycles. The molecule has 0 heterocycles. The smallest absolute Gasteiger partial charge is 0.0716 e. The Balaban J connectivity index is 0. The van der Waals surface area contributed by atoms with Crippen molar-refractivity contribution in [3.05, 3.63) is 35.4 Å². The molecule has 0 saturated carbocycles. The Bertz CT molecular complexity index is 234. The van der Waals surface area contributed by atoms with Gasteiger partial charge in [0, 0.05) is 7.11 Å². The Labute approximate surface area is 100 Å². The molecule has 1 N–H and O–H groups in total. The van der Waals surface area contributed by atoms with Crippen LogP contribution in [0.3, 0.4) is 0 Å². The highest BCUT2D eigenvalue weighted by molar-refractivity contribution is 5.25. The van der Waals surface area contributed by atoms with Crippen LogP contribution in [0.2, 0.25) is 0 Å². The maximum Gasteiger partial charge on any atom is 0.0716 e. The third-order valence-corrected chi connectivity index (χ3v) is 1.59. The zero-order chi connectivity index (χ0) is 12.8. The van der Waals surface area contributed by atoms with Crippen LogP contribution in [-0.2, 0) is 18.0 Å². The molecule has 1 aromatic rings. The molecule has 0 fully saturated rings. The van der Waals surface area contributed by atoms with Gasteiger partial charge in [-0.15, -0.1) is 0 Å². The first-order chi connectivity index (χ1) is 7.79. The Hall–Kier alpha value is -0.860. The average Bonchev–Trinajstić information content (AvgIpc) is 2.34. The van der Waals surface area contributed by atoms with Crippen LogP contribution in [0.15, 0.2) is 24.3 Å². The number of methoxy groups -OCH3 is 1. The van der Waals surface area contributed by atoms with Gasteiger partial charge in [0.05, 0.1) is 13.2 Å². The average molecular weight is 226 g/mol. The topological polar surface area (TPSA) is 29.5 Å². The summed E-state index contributed by atoms with van der Waals surface area (Å²) in [4.78, 5) is 0. The third-order valence-electron chi connectivity index (χ3n) is 1.59. The highest BCUT2D eigenvalue weighted by atomic mass is 16.5. The molecule has 0 saturated heterocycles. The lowest BCUT2D eigenvalue weighted by Crippen LogP contribution is -1.94. The normalized spacial score (nSPS) is 8.38. The second-order valence-corrected chi connectivity index (χ2v) is 3.07. The standard InChI is InChI=1S/C9H12O2.C3H8.C2H6/c1-11-7-9-5-3-2-4-8(9)6-10;1-3-2;1-2/h2-5,10H,6-7H2,1H3;3H2,1-2H3;1-2H3. The van der Waals surface area contributed by atoms with Crippen LogP contribution in [0.25, 0.3) is 0 Å². The molecule has 0 bridgehead atoms. The van der Waals surface area contributed by atoms with Gasteiger partial charge < -0.3 is 9.84 Å². The van der Waals surface area contributed by atoms with Crippen molar-refractivity contribution in [2.24, 2.45) is 0 Å². The van der Waals surface area contributed by atoms with Gasteiger partial charge in [0.25, 0.3) is 0 Å². The summed E-state index contributed by atoms with van der Waals surface area (Å²) in [6.07, 6.45) is 1.25. The highest BCUT2D eigenvalue weighted by Crippen LogP contribution is 2.08. The zero-order valence-electron chi connectivity index (χ0n) is 11.3. The second kappa shape index (κ2) is 14.1. The molecular formula is C14H26O2. The quantitative estimate of drug-likeness (QED) is 0.850. The molecule has 0 unspecified atom stereocenters. The summed E-state index contributed by atoms with van der Waals surface area (Å²) in [7, 11) is 1.65. The maximum atomic E-state index is 8.89. The van der Waals surface area contributed by atoms with E-state index in [2.05, 4.69) is 13.8 Å². The summed E-state index contributed by atoms with van der Waals surface area (Å²) in [6.45, 7) is 8.90. The van der Waals surface area contributed by atoms with Gasteiger partial charge in [-0.25, -0.2) is 0 Å². The van der Waals surface area contributed by atoms with E-state index in [1.165, 1.54) is 6.42 Å². The lowest BCUT2D eigenvalue weighted by Gasteiger charge is -2.04. The number of benzene rings is 1. The van der Waals surface area contributed by atoms with Gasteiger partial charge in [0.15, 0.2) is 0 Å². The molecule has 0 aliphatic rings. The lowest BCUT2D eigenvalue weighted by atomic mass is 10.1. The number of rotatable bonds is 3. The first-order valence-electron chi connectivity index (χ1n) is 5.96. The van der Waals surface area contributed by atoms with E-state index in [1.807, 2.05) is 38.1 Å². The predicted octanol–water partition coefficient (Wildman–Crippen LogP) is 3.77. The Morgan fingerprint density at radius 2 is 1.50 bits per heavy atom. The van der Waals surface area contributed by atoms with E-state index < -0.39 is 0 Å². The minimum absolute atomic E-state index is 0.0829. The monoisotopic (exact) mass is 226 g/mol. The molecule has 0 amide bonds. The van der Waals surface area contributed by atoms with E-state index in [0.29, 0.717) is 6.61 Å². The van der Waals surface area contributed by atoms with E-state index in [4.69, 9.17) is 9.84 Å². The molecule has 94 valence electrons. The molecule has 2 heteroatoms. The zero-order valence-corrected chi connectivity index (χ0v) is 11.3. The highest BCUT2D eigenvalue weighted by Gasteiger charge is 1.97. The number of hydrogen-bond acceptors (Lipinski definition) is 2. The summed E-state index contributed by atoms with van der Waals surface area (Å²) >= 11 is 0. The Kier molecular flexibility index (Phi) is 15.5. The second-order valence-electron chi connectivity index (χ2n) is 3.07. The van der Waals surface area contributed by atoms with Gasteiger partial charge in [-0.05, 0) is 11.1 Å². The Morgan fingerprint density at radius 1 is 1.06 bits per heavy atom. The molecule has 0 aromatic heterocycles. The molecule has 16 heavy (non-hydrogen) atoms.